The number of carboxylic acid groups (broad SMARTS) is 1. The van der Waals surface area contributed by atoms with Crippen molar-refractivity contribution in [1.82, 2.24) is 10.2 Å². The Labute approximate surface area is 115 Å². The summed E-state index contributed by atoms with van der Waals surface area (Å²) in [6, 6.07) is -0.449. The SMILES string of the molecule is C#CCN(CC(=O)O)C(=O)NC(C)(C)CC(C)(C)C. The summed E-state index contributed by atoms with van der Waals surface area (Å²) < 4.78 is 0. The molecule has 2 N–H and O–H groups in total. The zero-order chi connectivity index (χ0) is 15.3. The number of aliphatic carboxylic acids is 1. The number of carbonyl (C=O) groups excluding carboxylic acids is 1. The maximum atomic E-state index is 12.0. The van der Waals surface area contributed by atoms with E-state index in [-0.39, 0.29) is 12.0 Å². The van der Waals surface area contributed by atoms with E-state index in [1.54, 1.807) is 0 Å². The van der Waals surface area contributed by atoms with Crippen LogP contribution in [0.3, 0.4) is 0 Å². The third-order valence-corrected chi connectivity index (χ3v) is 2.31. The van der Waals surface area contributed by atoms with Crippen molar-refractivity contribution >= 4 is 12.0 Å². The van der Waals surface area contributed by atoms with Gasteiger partial charge in [-0.25, -0.2) is 4.79 Å². The standard InChI is InChI=1S/C14H24N2O3/c1-7-8-16(9-11(17)18)12(19)15-14(5,6)10-13(2,3)4/h1H,8-10H2,2-6H3,(H,15,19)(H,17,18). The quantitative estimate of drug-likeness (QED) is 0.749. The first-order chi connectivity index (χ1) is 8.47. The Morgan fingerprint density at radius 1 is 1.26 bits per heavy atom. The second-order valence-electron chi connectivity index (χ2n) is 6.51. The van der Waals surface area contributed by atoms with Crippen molar-refractivity contribution in [3.8, 4) is 12.3 Å². The number of carboxylic acids is 1. The van der Waals surface area contributed by atoms with Crippen LogP contribution in [0.4, 0.5) is 4.79 Å². The fraction of sp³-hybridized carbons (Fsp3) is 0.714. The first-order valence-corrected chi connectivity index (χ1v) is 6.19. The van der Waals surface area contributed by atoms with Gasteiger partial charge < -0.3 is 15.3 Å². The molecule has 0 bridgehead atoms. The molecule has 2 amide bonds. The Morgan fingerprint density at radius 2 is 1.79 bits per heavy atom. The van der Waals surface area contributed by atoms with Crippen LogP contribution in [-0.2, 0) is 4.79 Å². The molecule has 5 nitrogen and oxygen atoms in total. The van der Waals surface area contributed by atoms with Crippen molar-refractivity contribution < 1.29 is 14.7 Å². The van der Waals surface area contributed by atoms with E-state index in [2.05, 4.69) is 32.0 Å². The molecule has 0 aromatic heterocycles. The molecular formula is C14H24N2O3. The van der Waals surface area contributed by atoms with Crippen LogP contribution in [0, 0.1) is 17.8 Å². The lowest BCUT2D eigenvalue weighted by Crippen LogP contribution is -2.52. The Morgan fingerprint density at radius 3 is 2.16 bits per heavy atom. The van der Waals surface area contributed by atoms with Crippen LogP contribution in [0.2, 0.25) is 0 Å². The maximum absolute atomic E-state index is 12.0. The first kappa shape index (κ1) is 17.3. The second-order valence-corrected chi connectivity index (χ2v) is 6.51. The summed E-state index contributed by atoms with van der Waals surface area (Å²) in [6.45, 7) is 9.63. The number of amides is 2. The Hall–Kier alpha value is -1.70. The molecule has 0 heterocycles. The van der Waals surface area contributed by atoms with E-state index in [4.69, 9.17) is 11.5 Å². The number of nitrogens with zero attached hydrogens (tertiary/aromatic N) is 1. The Kier molecular flexibility index (Phi) is 5.88. The van der Waals surface area contributed by atoms with Crippen molar-refractivity contribution in [3.05, 3.63) is 0 Å². The molecule has 0 radical (unpaired) electrons. The van der Waals surface area contributed by atoms with E-state index < -0.39 is 24.1 Å². The monoisotopic (exact) mass is 268 g/mol. The van der Waals surface area contributed by atoms with Gasteiger partial charge in [0, 0.05) is 5.54 Å². The van der Waals surface area contributed by atoms with Crippen LogP contribution in [0.15, 0.2) is 0 Å². The highest BCUT2D eigenvalue weighted by atomic mass is 16.4. The molecule has 0 spiro atoms. The number of rotatable bonds is 5. The third kappa shape index (κ3) is 8.09. The van der Waals surface area contributed by atoms with E-state index in [0.717, 1.165) is 11.3 Å². The topological polar surface area (TPSA) is 69.6 Å². The molecular weight excluding hydrogens is 244 g/mol. The van der Waals surface area contributed by atoms with Crippen LogP contribution in [0.5, 0.6) is 0 Å². The average molecular weight is 268 g/mol. The maximum Gasteiger partial charge on any atom is 0.323 e. The lowest BCUT2D eigenvalue weighted by molar-refractivity contribution is -0.137. The van der Waals surface area contributed by atoms with E-state index >= 15 is 0 Å². The summed E-state index contributed by atoms with van der Waals surface area (Å²) in [5.74, 6) is 1.21. The van der Waals surface area contributed by atoms with Crippen molar-refractivity contribution in [3.63, 3.8) is 0 Å². The predicted octanol–water partition coefficient (Wildman–Crippen LogP) is 1.93. The van der Waals surface area contributed by atoms with Crippen molar-refractivity contribution in [2.24, 2.45) is 5.41 Å². The van der Waals surface area contributed by atoms with Gasteiger partial charge >= 0.3 is 12.0 Å². The molecule has 0 rings (SSSR count). The second kappa shape index (κ2) is 6.46. The van der Waals surface area contributed by atoms with Gasteiger partial charge in [-0.05, 0) is 25.7 Å². The summed E-state index contributed by atoms with van der Waals surface area (Å²) in [6.07, 6.45) is 5.91. The lowest BCUT2D eigenvalue weighted by Gasteiger charge is -2.34. The smallest absolute Gasteiger partial charge is 0.323 e. The van der Waals surface area contributed by atoms with Crippen LogP contribution in [0.1, 0.15) is 41.0 Å². The van der Waals surface area contributed by atoms with Crippen molar-refractivity contribution in [2.75, 3.05) is 13.1 Å². The zero-order valence-corrected chi connectivity index (χ0v) is 12.4. The molecule has 5 heteroatoms. The number of hydrogen-bond acceptors (Lipinski definition) is 2. The molecule has 19 heavy (non-hydrogen) atoms. The molecule has 0 atom stereocenters. The minimum atomic E-state index is -1.08. The Balaban J connectivity index is 4.71. The molecule has 0 aliphatic carbocycles. The summed E-state index contributed by atoms with van der Waals surface area (Å²) in [4.78, 5) is 23.8. The Bertz CT molecular complexity index is 375. The summed E-state index contributed by atoms with van der Waals surface area (Å²) in [5, 5.41) is 11.6. The molecule has 0 aliphatic rings. The van der Waals surface area contributed by atoms with Gasteiger partial charge in [0.25, 0.3) is 0 Å². The summed E-state index contributed by atoms with van der Waals surface area (Å²) in [7, 11) is 0. The normalized spacial score (nSPS) is 11.6. The molecule has 0 aromatic rings. The van der Waals surface area contributed by atoms with E-state index in [0.29, 0.717) is 0 Å². The fourth-order valence-corrected chi connectivity index (χ4v) is 2.21. The van der Waals surface area contributed by atoms with Gasteiger partial charge in [0.15, 0.2) is 0 Å². The third-order valence-electron chi connectivity index (χ3n) is 2.31. The van der Waals surface area contributed by atoms with Gasteiger partial charge in [-0.1, -0.05) is 26.7 Å². The number of urea groups is 1. The molecule has 0 fully saturated rings. The highest BCUT2D eigenvalue weighted by Gasteiger charge is 2.29. The summed E-state index contributed by atoms with van der Waals surface area (Å²) in [5.41, 5.74) is -0.374. The number of hydrogen-bond donors (Lipinski definition) is 2. The van der Waals surface area contributed by atoms with E-state index in [1.807, 2.05) is 13.8 Å². The highest BCUT2D eigenvalue weighted by molar-refractivity contribution is 5.80. The van der Waals surface area contributed by atoms with E-state index in [1.165, 1.54) is 0 Å². The van der Waals surface area contributed by atoms with Crippen molar-refractivity contribution in [1.29, 1.82) is 0 Å². The first-order valence-electron chi connectivity index (χ1n) is 6.19. The van der Waals surface area contributed by atoms with E-state index in [9.17, 15) is 9.59 Å². The minimum absolute atomic E-state index is 0.0241. The molecule has 0 unspecified atom stereocenters. The minimum Gasteiger partial charge on any atom is -0.480 e. The van der Waals surface area contributed by atoms with Crippen LogP contribution < -0.4 is 5.32 Å². The predicted molar refractivity (Wildman–Crippen MR) is 74.7 cm³/mol. The largest absolute Gasteiger partial charge is 0.480 e. The average Bonchev–Trinajstić information content (AvgIpc) is 2.11. The zero-order valence-electron chi connectivity index (χ0n) is 12.4. The van der Waals surface area contributed by atoms with Crippen LogP contribution in [0.25, 0.3) is 0 Å². The molecule has 0 aromatic carbocycles. The lowest BCUT2D eigenvalue weighted by atomic mass is 9.82. The summed E-state index contributed by atoms with van der Waals surface area (Å²) >= 11 is 0. The van der Waals surface area contributed by atoms with Gasteiger partial charge in [0.05, 0.1) is 6.54 Å². The fourth-order valence-electron chi connectivity index (χ4n) is 2.21. The van der Waals surface area contributed by atoms with Gasteiger partial charge in [-0.2, -0.15) is 0 Å². The highest BCUT2D eigenvalue weighted by Crippen LogP contribution is 2.26. The van der Waals surface area contributed by atoms with Crippen LogP contribution in [-0.4, -0.2) is 40.6 Å². The van der Waals surface area contributed by atoms with Gasteiger partial charge in [-0.3, -0.25) is 4.79 Å². The number of nitrogens with one attached hydrogen (secondary N) is 1. The number of terminal acetylenes is 1. The van der Waals surface area contributed by atoms with Crippen LogP contribution >= 0.6 is 0 Å². The van der Waals surface area contributed by atoms with Crippen molar-refractivity contribution in [2.45, 2.75) is 46.6 Å². The number of carbonyl (C=O) groups is 2. The molecule has 0 aliphatic heterocycles. The van der Waals surface area contributed by atoms with Gasteiger partial charge in [0.1, 0.15) is 6.54 Å². The van der Waals surface area contributed by atoms with Gasteiger partial charge in [-0.15, -0.1) is 6.42 Å². The molecule has 0 saturated carbocycles. The van der Waals surface area contributed by atoms with Gasteiger partial charge in [0.2, 0.25) is 0 Å². The molecule has 108 valence electrons. The molecule has 0 saturated heterocycles.